The second-order valence-electron chi connectivity index (χ2n) is 7.76. The number of aromatic nitrogens is 1. The number of nitrogens with zero attached hydrogens (tertiary/aromatic N) is 2. The van der Waals surface area contributed by atoms with E-state index in [9.17, 15) is 14.3 Å². The number of hydrogen-bond donors (Lipinski definition) is 2. The Labute approximate surface area is 155 Å². The van der Waals surface area contributed by atoms with E-state index in [1.807, 2.05) is 9.47 Å². The van der Waals surface area contributed by atoms with Crippen LogP contribution in [-0.4, -0.2) is 35.3 Å². The van der Waals surface area contributed by atoms with Crippen LogP contribution in [0.25, 0.3) is 10.9 Å². The molecular formula is C19H21ClFN3O2. The minimum Gasteiger partial charge on any atom is -0.504 e. The summed E-state index contributed by atoms with van der Waals surface area (Å²) in [6.07, 6.45) is 5.76. The minimum atomic E-state index is -0.560. The van der Waals surface area contributed by atoms with E-state index in [1.54, 1.807) is 6.20 Å². The molecule has 0 amide bonds. The highest BCUT2D eigenvalue weighted by atomic mass is 35.5. The van der Waals surface area contributed by atoms with Gasteiger partial charge < -0.3 is 19.9 Å². The van der Waals surface area contributed by atoms with E-state index in [4.69, 9.17) is 11.6 Å². The summed E-state index contributed by atoms with van der Waals surface area (Å²) in [7, 11) is 0. The van der Waals surface area contributed by atoms with Gasteiger partial charge in [-0.1, -0.05) is 11.6 Å². The zero-order chi connectivity index (χ0) is 18.0. The van der Waals surface area contributed by atoms with E-state index >= 15 is 0 Å². The maximum Gasteiger partial charge on any atom is 0.208 e. The number of aromatic hydroxyl groups is 1. The van der Waals surface area contributed by atoms with E-state index < -0.39 is 11.2 Å². The number of hydrogen-bond acceptors (Lipinski definition) is 4. The fourth-order valence-electron chi connectivity index (χ4n) is 4.60. The molecule has 7 heteroatoms. The van der Waals surface area contributed by atoms with Gasteiger partial charge in [0.05, 0.1) is 10.9 Å². The number of nitrogens with one attached hydrogen (secondary N) is 1. The monoisotopic (exact) mass is 377 g/mol. The van der Waals surface area contributed by atoms with Gasteiger partial charge in [0.2, 0.25) is 5.43 Å². The number of rotatable bonds is 2. The number of halogens is 2. The first-order chi connectivity index (χ1) is 12.5. The molecule has 2 aromatic rings. The largest absolute Gasteiger partial charge is 0.504 e. The van der Waals surface area contributed by atoms with Crippen LogP contribution < -0.4 is 15.6 Å². The fraction of sp³-hybridized carbons (Fsp3) is 0.526. The number of phenols is 1. The third kappa shape index (κ3) is 2.42. The van der Waals surface area contributed by atoms with Crippen LogP contribution in [0.4, 0.5) is 10.1 Å². The van der Waals surface area contributed by atoms with Gasteiger partial charge in [0.1, 0.15) is 10.7 Å². The summed E-state index contributed by atoms with van der Waals surface area (Å²) in [6.45, 7) is 2.37. The molecule has 0 spiro atoms. The third-order valence-electron chi connectivity index (χ3n) is 6.03. The Morgan fingerprint density at radius 1 is 1.27 bits per heavy atom. The molecule has 138 valence electrons. The van der Waals surface area contributed by atoms with Crippen molar-refractivity contribution in [2.45, 2.75) is 37.8 Å². The third-order valence-corrected chi connectivity index (χ3v) is 6.30. The lowest BCUT2D eigenvalue weighted by Crippen LogP contribution is -2.40. The van der Waals surface area contributed by atoms with Crippen LogP contribution in [0.1, 0.15) is 31.7 Å². The van der Waals surface area contributed by atoms with Crippen molar-refractivity contribution in [3.63, 3.8) is 0 Å². The van der Waals surface area contributed by atoms with Crippen molar-refractivity contribution in [1.29, 1.82) is 0 Å². The van der Waals surface area contributed by atoms with Gasteiger partial charge in [-0.3, -0.25) is 4.79 Å². The van der Waals surface area contributed by atoms with Gasteiger partial charge in [-0.05, 0) is 44.2 Å². The Hall–Kier alpha value is -1.79. The van der Waals surface area contributed by atoms with E-state index in [0.717, 1.165) is 38.8 Å². The van der Waals surface area contributed by atoms with Gasteiger partial charge >= 0.3 is 0 Å². The molecule has 3 heterocycles. The maximum absolute atomic E-state index is 15.0. The Balaban J connectivity index is 1.68. The Morgan fingerprint density at radius 2 is 2.08 bits per heavy atom. The van der Waals surface area contributed by atoms with Crippen molar-refractivity contribution in [2.75, 3.05) is 24.5 Å². The minimum absolute atomic E-state index is 0.0624. The molecule has 2 atom stereocenters. The van der Waals surface area contributed by atoms with Gasteiger partial charge in [0.25, 0.3) is 0 Å². The quantitative estimate of drug-likeness (QED) is 0.844. The van der Waals surface area contributed by atoms with Crippen molar-refractivity contribution >= 4 is 28.2 Å². The smallest absolute Gasteiger partial charge is 0.208 e. The zero-order valence-electron chi connectivity index (χ0n) is 14.3. The molecule has 5 nitrogen and oxygen atoms in total. The van der Waals surface area contributed by atoms with E-state index in [1.165, 1.54) is 6.07 Å². The van der Waals surface area contributed by atoms with E-state index in [2.05, 4.69) is 5.32 Å². The van der Waals surface area contributed by atoms with Crippen molar-refractivity contribution < 1.29 is 9.50 Å². The summed E-state index contributed by atoms with van der Waals surface area (Å²) in [5.41, 5.74) is 0.182. The summed E-state index contributed by atoms with van der Waals surface area (Å²) in [6, 6.07) is 1.78. The second-order valence-corrected chi connectivity index (χ2v) is 8.17. The second kappa shape index (κ2) is 5.86. The number of piperidine rings is 1. The van der Waals surface area contributed by atoms with Crippen LogP contribution in [-0.2, 0) is 0 Å². The average molecular weight is 378 g/mol. The summed E-state index contributed by atoms with van der Waals surface area (Å²) in [4.78, 5) is 14.3. The van der Waals surface area contributed by atoms with Crippen LogP contribution >= 0.6 is 11.6 Å². The van der Waals surface area contributed by atoms with E-state index in [-0.39, 0.29) is 27.9 Å². The highest BCUT2D eigenvalue weighted by Gasteiger charge is 2.37. The van der Waals surface area contributed by atoms with Crippen molar-refractivity contribution in [2.24, 2.45) is 5.92 Å². The molecular weight excluding hydrogens is 357 g/mol. The van der Waals surface area contributed by atoms with Crippen LogP contribution in [0.5, 0.6) is 5.75 Å². The molecule has 26 heavy (non-hydrogen) atoms. The maximum atomic E-state index is 15.0. The number of phenolic OH excluding ortho intramolecular Hbond substituents is 1. The Morgan fingerprint density at radius 3 is 2.81 bits per heavy atom. The first-order valence-corrected chi connectivity index (χ1v) is 9.66. The lowest BCUT2D eigenvalue weighted by molar-refractivity contribution is 0.340. The van der Waals surface area contributed by atoms with Crippen molar-refractivity contribution in [3.05, 3.63) is 33.3 Å². The van der Waals surface area contributed by atoms with Crippen molar-refractivity contribution in [1.82, 2.24) is 9.88 Å². The lowest BCUT2D eigenvalue weighted by Gasteiger charge is -2.24. The SMILES string of the molecule is O=c1c(Cl)cn(C2CC2)c2c(O)c(N3C[C@@H]4CCCN[C@@H]4C3)c(F)cc12. The highest BCUT2D eigenvalue weighted by molar-refractivity contribution is 6.31. The fourth-order valence-corrected chi connectivity index (χ4v) is 4.80. The molecule has 0 bridgehead atoms. The van der Waals surface area contributed by atoms with Crippen LogP contribution in [0, 0.1) is 11.7 Å². The van der Waals surface area contributed by atoms with Gasteiger partial charge in [0.15, 0.2) is 11.6 Å². The molecule has 3 fully saturated rings. The average Bonchev–Trinajstić information content (AvgIpc) is 3.37. The molecule has 3 aliphatic rings. The van der Waals surface area contributed by atoms with Crippen LogP contribution in [0.3, 0.4) is 0 Å². The highest BCUT2D eigenvalue weighted by Crippen LogP contribution is 2.44. The molecule has 1 saturated carbocycles. The van der Waals surface area contributed by atoms with Gasteiger partial charge in [0, 0.05) is 31.4 Å². The lowest BCUT2D eigenvalue weighted by atomic mass is 9.94. The Bertz CT molecular complexity index is 942. The molecule has 1 aromatic carbocycles. The molecule has 0 unspecified atom stereocenters. The summed E-state index contributed by atoms with van der Waals surface area (Å²) in [5.74, 6) is -0.233. The molecule has 2 N–H and O–H groups in total. The van der Waals surface area contributed by atoms with Gasteiger partial charge in [-0.25, -0.2) is 4.39 Å². The first-order valence-electron chi connectivity index (χ1n) is 9.28. The number of fused-ring (bicyclic) bond motifs is 2. The molecule has 2 aliphatic heterocycles. The molecule has 5 rings (SSSR count). The normalized spacial score (nSPS) is 25.7. The molecule has 0 radical (unpaired) electrons. The number of pyridine rings is 1. The molecule has 2 saturated heterocycles. The number of benzene rings is 1. The standard InChI is InChI=1S/C19H21ClFN3O2/c20-13-8-24(11-3-4-11)16-12(18(13)25)6-14(21)17(19(16)26)23-7-10-2-1-5-22-15(10)9-23/h6,8,10-11,15,22,26H,1-5,7,9H2/t10-,15+/m0/s1. The summed E-state index contributed by atoms with van der Waals surface area (Å²) in [5, 5.41) is 14.7. The zero-order valence-corrected chi connectivity index (χ0v) is 15.1. The van der Waals surface area contributed by atoms with Crippen LogP contribution in [0.15, 0.2) is 17.1 Å². The summed E-state index contributed by atoms with van der Waals surface area (Å²) < 4.78 is 16.8. The van der Waals surface area contributed by atoms with Gasteiger partial charge in [-0.2, -0.15) is 0 Å². The first kappa shape index (κ1) is 16.4. The molecule has 1 aromatic heterocycles. The predicted octanol–water partition coefficient (Wildman–Crippen LogP) is 3.02. The number of anilines is 1. The van der Waals surface area contributed by atoms with Gasteiger partial charge in [-0.15, -0.1) is 0 Å². The topological polar surface area (TPSA) is 57.5 Å². The van der Waals surface area contributed by atoms with Crippen LogP contribution in [0.2, 0.25) is 5.02 Å². The summed E-state index contributed by atoms with van der Waals surface area (Å²) >= 11 is 6.06. The predicted molar refractivity (Wildman–Crippen MR) is 99.8 cm³/mol. The van der Waals surface area contributed by atoms with Crippen molar-refractivity contribution in [3.8, 4) is 5.75 Å². The van der Waals surface area contributed by atoms with E-state index in [0.29, 0.717) is 24.0 Å². The molecule has 1 aliphatic carbocycles. The Kier molecular flexibility index (Phi) is 3.69.